The Hall–Kier alpha value is -2.10. The summed E-state index contributed by atoms with van der Waals surface area (Å²) in [6.07, 6.45) is 4.94. The van der Waals surface area contributed by atoms with Crippen molar-refractivity contribution >= 4 is 18.0 Å². The Bertz CT molecular complexity index is 530. The first-order chi connectivity index (χ1) is 9.06. The predicted molar refractivity (Wildman–Crippen MR) is 72.9 cm³/mol. The van der Waals surface area contributed by atoms with Crippen LogP contribution in [0.15, 0.2) is 24.3 Å². The molecule has 4 nitrogen and oxygen atoms in total. The average Bonchev–Trinajstić information content (AvgIpc) is 3.19. The van der Waals surface area contributed by atoms with Crippen LogP contribution in [0.25, 0.3) is 6.08 Å². The Morgan fingerprint density at radius 2 is 2.16 bits per heavy atom. The number of benzene rings is 1. The smallest absolute Gasteiger partial charge is 0.328 e. The van der Waals surface area contributed by atoms with Gasteiger partial charge in [-0.25, -0.2) is 4.79 Å². The molecule has 1 amide bonds. The number of carbonyl (C=O) groups excluding carboxylic acids is 1. The normalized spacial score (nSPS) is 14.6. The first-order valence-electron chi connectivity index (χ1n) is 6.36. The van der Waals surface area contributed by atoms with Crippen molar-refractivity contribution in [3.63, 3.8) is 0 Å². The number of hydrogen-bond acceptors (Lipinski definition) is 2. The van der Waals surface area contributed by atoms with Crippen LogP contribution in [0.3, 0.4) is 0 Å². The zero-order valence-electron chi connectivity index (χ0n) is 10.8. The second-order valence-electron chi connectivity index (χ2n) is 4.90. The van der Waals surface area contributed by atoms with E-state index in [-0.39, 0.29) is 5.91 Å². The van der Waals surface area contributed by atoms with Gasteiger partial charge in [-0.15, -0.1) is 0 Å². The predicted octanol–water partition coefficient (Wildman–Crippen LogP) is 2.23. The molecule has 0 atom stereocenters. The third-order valence-corrected chi connectivity index (χ3v) is 3.17. The van der Waals surface area contributed by atoms with Crippen LogP contribution >= 0.6 is 0 Å². The van der Waals surface area contributed by atoms with Gasteiger partial charge in [-0.05, 0) is 49.0 Å². The molecule has 1 fully saturated rings. The fraction of sp³-hybridized carbons (Fsp3) is 0.333. The van der Waals surface area contributed by atoms with Crippen molar-refractivity contribution in [2.24, 2.45) is 5.92 Å². The highest BCUT2D eigenvalue weighted by molar-refractivity contribution is 5.96. The van der Waals surface area contributed by atoms with Crippen LogP contribution in [0.2, 0.25) is 0 Å². The highest BCUT2D eigenvalue weighted by Gasteiger charge is 2.22. The van der Waals surface area contributed by atoms with Crippen LogP contribution in [0, 0.1) is 12.8 Å². The molecule has 0 saturated heterocycles. The van der Waals surface area contributed by atoms with Gasteiger partial charge in [-0.3, -0.25) is 4.79 Å². The number of carboxylic acid groups (broad SMARTS) is 1. The minimum atomic E-state index is -1.000. The average molecular weight is 259 g/mol. The van der Waals surface area contributed by atoms with Gasteiger partial charge in [0.05, 0.1) is 0 Å². The van der Waals surface area contributed by atoms with E-state index in [4.69, 9.17) is 5.11 Å². The zero-order valence-corrected chi connectivity index (χ0v) is 10.8. The molecule has 0 aromatic heterocycles. The van der Waals surface area contributed by atoms with E-state index in [0.717, 1.165) is 18.2 Å². The molecule has 0 aliphatic heterocycles. The number of rotatable bonds is 5. The van der Waals surface area contributed by atoms with Gasteiger partial charge in [0.25, 0.3) is 5.91 Å². The Morgan fingerprint density at radius 1 is 1.42 bits per heavy atom. The second-order valence-corrected chi connectivity index (χ2v) is 4.90. The molecular formula is C15H17NO3. The molecule has 4 heteroatoms. The van der Waals surface area contributed by atoms with E-state index in [9.17, 15) is 9.59 Å². The highest BCUT2D eigenvalue weighted by atomic mass is 16.4. The summed E-state index contributed by atoms with van der Waals surface area (Å²) in [5.74, 6) is -0.449. The zero-order chi connectivity index (χ0) is 13.8. The molecule has 1 saturated carbocycles. The van der Waals surface area contributed by atoms with Crippen molar-refractivity contribution in [1.82, 2.24) is 5.32 Å². The van der Waals surface area contributed by atoms with Gasteiger partial charge in [0.1, 0.15) is 0 Å². The van der Waals surface area contributed by atoms with Gasteiger partial charge >= 0.3 is 5.97 Å². The molecule has 0 spiro atoms. The quantitative estimate of drug-likeness (QED) is 0.797. The number of amides is 1. The van der Waals surface area contributed by atoms with E-state index in [1.54, 1.807) is 12.1 Å². The number of carboxylic acids is 1. The number of nitrogens with one attached hydrogen (secondary N) is 1. The lowest BCUT2D eigenvalue weighted by atomic mass is 10.0. The molecule has 0 unspecified atom stereocenters. The van der Waals surface area contributed by atoms with Crippen LogP contribution in [0.4, 0.5) is 0 Å². The van der Waals surface area contributed by atoms with Crippen molar-refractivity contribution in [3.05, 3.63) is 41.0 Å². The standard InChI is InChI=1S/C15H17NO3/c1-10-2-3-11(6-7-14(17)18)8-13(10)15(19)16-9-12-4-5-12/h2-3,6-8,12H,4-5,9H2,1H3,(H,16,19)(H,17,18). The maximum Gasteiger partial charge on any atom is 0.328 e. The second kappa shape index (κ2) is 5.69. The fourth-order valence-electron chi connectivity index (χ4n) is 1.81. The van der Waals surface area contributed by atoms with E-state index >= 15 is 0 Å². The summed E-state index contributed by atoms with van der Waals surface area (Å²) in [7, 11) is 0. The Morgan fingerprint density at radius 3 is 2.79 bits per heavy atom. The minimum Gasteiger partial charge on any atom is -0.478 e. The molecule has 1 aromatic carbocycles. The maximum atomic E-state index is 12.0. The number of aryl methyl sites for hydroxylation is 1. The monoisotopic (exact) mass is 259 g/mol. The summed E-state index contributed by atoms with van der Waals surface area (Å²) in [5, 5.41) is 11.5. The van der Waals surface area contributed by atoms with Gasteiger partial charge < -0.3 is 10.4 Å². The summed E-state index contributed by atoms with van der Waals surface area (Å²) in [6.45, 7) is 2.60. The lowest BCUT2D eigenvalue weighted by Gasteiger charge is -2.08. The van der Waals surface area contributed by atoms with Crippen LogP contribution in [-0.2, 0) is 4.79 Å². The van der Waals surface area contributed by atoms with Crippen molar-refractivity contribution in [2.45, 2.75) is 19.8 Å². The molecule has 0 radical (unpaired) electrons. The van der Waals surface area contributed by atoms with Crippen LogP contribution in [0.5, 0.6) is 0 Å². The summed E-state index contributed by atoms with van der Waals surface area (Å²) in [6, 6.07) is 5.34. The van der Waals surface area contributed by atoms with E-state index in [0.29, 0.717) is 17.0 Å². The van der Waals surface area contributed by atoms with Gasteiger partial charge in [0.2, 0.25) is 0 Å². The molecule has 19 heavy (non-hydrogen) atoms. The summed E-state index contributed by atoms with van der Waals surface area (Å²) in [5.41, 5.74) is 2.21. The highest BCUT2D eigenvalue weighted by Crippen LogP contribution is 2.27. The summed E-state index contributed by atoms with van der Waals surface area (Å²) >= 11 is 0. The summed E-state index contributed by atoms with van der Waals surface area (Å²) in [4.78, 5) is 22.5. The number of carbonyl (C=O) groups is 2. The lowest BCUT2D eigenvalue weighted by Crippen LogP contribution is -2.26. The van der Waals surface area contributed by atoms with Crippen LogP contribution in [0.1, 0.15) is 34.3 Å². The van der Waals surface area contributed by atoms with E-state index in [2.05, 4.69) is 5.32 Å². The largest absolute Gasteiger partial charge is 0.478 e. The third kappa shape index (κ3) is 3.95. The van der Waals surface area contributed by atoms with E-state index in [1.807, 2.05) is 13.0 Å². The Balaban J connectivity index is 2.10. The molecule has 2 N–H and O–H groups in total. The Kier molecular flexibility index (Phi) is 4.00. The molecule has 0 heterocycles. The molecule has 0 bridgehead atoms. The number of aliphatic carboxylic acids is 1. The van der Waals surface area contributed by atoms with Crippen molar-refractivity contribution in [3.8, 4) is 0 Å². The topological polar surface area (TPSA) is 66.4 Å². The van der Waals surface area contributed by atoms with Gasteiger partial charge in [0.15, 0.2) is 0 Å². The van der Waals surface area contributed by atoms with Gasteiger partial charge in [0, 0.05) is 18.2 Å². The van der Waals surface area contributed by atoms with Crippen molar-refractivity contribution in [1.29, 1.82) is 0 Å². The molecule has 1 aliphatic carbocycles. The van der Waals surface area contributed by atoms with E-state index in [1.165, 1.54) is 18.9 Å². The molecular weight excluding hydrogens is 242 g/mol. The third-order valence-electron chi connectivity index (χ3n) is 3.17. The number of hydrogen-bond donors (Lipinski definition) is 2. The van der Waals surface area contributed by atoms with Gasteiger partial charge in [-0.1, -0.05) is 12.1 Å². The lowest BCUT2D eigenvalue weighted by molar-refractivity contribution is -0.131. The molecule has 1 aromatic rings. The van der Waals surface area contributed by atoms with Crippen molar-refractivity contribution < 1.29 is 14.7 Å². The minimum absolute atomic E-state index is 0.0880. The summed E-state index contributed by atoms with van der Waals surface area (Å²) < 4.78 is 0. The molecule has 1 aliphatic rings. The van der Waals surface area contributed by atoms with E-state index < -0.39 is 5.97 Å². The first-order valence-corrected chi connectivity index (χ1v) is 6.36. The van der Waals surface area contributed by atoms with Crippen molar-refractivity contribution in [2.75, 3.05) is 6.54 Å². The fourth-order valence-corrected chi connectivity index (χ4v) is 1.81. The Labute approximate surface area is 112 Å². The van der Waals surface area contributed by atoms with Crippen LogP contribution in [-0.4, -0.2) is 23.5 Å². The molecule has 2 rings (SSSR count). The maximum absolute atomic E-state index is 12.0. The first kappa shape index (κ1) is 13.3. The SMILES string of the molecule is Cc1ccc(C=CC(=O)O)cc1C(=O)NCC1CC1. The van der Waals surface area contributed by atoms with Crippen LogP contribution < -0.4 is 5.32 Å². The molecule has 100 valence electrons. The van der Waals surface area contributed by atoms with Gasteiger partial charge in [-0.2, -0.15) is 0 Å².